The van der Waals surface area contributed by atoms with Crippen LogP contribution < -0.4 is 10.1 Å². The number of hydrogen-bond donors (Lipinski definition) is 2. The maximum absolute atomic E-state index is 9.80. The van der Waals surface area contributed by atoms with Crippen LogP contribution >= 0.6 is 15.9 Å². The van der Waals surface area contributed by atoms with Crippen LogP contribution in [0.4, 0.5) is 5.69 Å². The van der Waals surface area contributed by atoms with Gasteiger partial charge >= 0.3 is 0 Å². The van der Waals surface area contributed by atoms with Crippen molar-refractivity contribution in [3.05, 3.63) is 22.7 Å². The van der Waals surface area contributed by atoms with Gasteiger partial charge in [0, 0.05) is 17.6 Å². The quantitative estimate of drug-likeness (QED) is 0.683. The van der Waals surface area contributed by atoms with Gasteiger partial charge in [0.25, 0.3) is 0 Å². The topological polar surface area (TPSA) is 50.7 Å². The molecule has 2 N–H and O–H groups in total. The maximum atomic E-state index is 9.80. The second kappa shape index (κ2) is 9.18. The van der Waals surface area contributed by atoms with E-state index in [1.165, 1.54) is 0 Å². The van der Waals surface area contributed by atoms with Gasteiger partial charge in [-0.2, -0.15) is 0 Å². The number of hydrogen-bond acceptors (Lipinski definition) is 4. The average molecular weight is 332 g/mol. The molecule has 1 atom stereocenters. The molecule has 0 aromatic heterocycles. The first kappa shape index (κ1) is 16.3. The zero-order chi connectivity index (χ0) is 14.1. The lowest BCUT2D eigenvalue weighted by Gasteiger charge is -2.15. The van der Waals surface area contributed by atoms with Crippen molar-refractivity contribution in [2.24, 2.45) is 0 Å². The zero-order valence-electron chi connectivity index (χ0n) is 11.5. The zero-order valence-corrected chi connectivity index (χ0v) is 13.1. The van der Waals surface area contributed by atoms with Crippen LogP contribution in [0.3, 0.4) is 0 Å². The van der Waals surface area contributed by atoms with E-state index in [9.17, 15) is 5.11 Å². The lowest BCUT2D eigenvalue weighted by Crippen LogP contribution is -2.25. The third-order valence-electron chi connectivity index (χ3n) is 2.64. The first-order valence-electron chi connectivity index (χ1n) is 6.50. The Bertz CT molecular complexity index is 374. The summed E-state index contributed by atoms with van der Waals surface area (Å²) in [7, 11) is 1.62. The largest absolute Gasteiger partial charge is 0.495 e. The van der Waals surface area contributed by atoms with Gasteiger partial charge in [-0.3, -0.25) is 0 Å². The van der Waals surface area contributed by atoms with E-state index in [0.29, 0.717) is 19.8 Å². The van der Waals surface area contributed by atoms with Gasteiger partial charge in [0.2, 0.25) is 0 Å². The van der Waals surface area contributed by atoms with Gasteiger partial charge in [-0.05, 0) is 24.6 Å². The van der Waals surface area contributed by atoms with Crippen molar-refractivity contribution in [1.82, 2.24) is 0 Å². The summed E-state index contributed by atoms with van der Waals surface area (Å²) in [6.07, 6.45) is 1.60. The molecule has 0 fully saturated rings. The molecule has 0 spiro atoms. The standard InChI is InChI=1S/C14H22BrNO3/c1-3-4-7-19-10-12(17)9-16-13-8-11(15)5-6-14(13)18-2/h5-6,8,12,16-17H,3-4,7,9-10H2,1-2H3. The Hall–Kier alpha value is -0.780. The third kappa shape index (κ3) is 6.27. The van der Waals surface area contributed by atoms with E-state index < -0.39 is 6.10 Å². The third-order valence-corrected chi connectivity index (χ3v) is 3.14. The van der Waals surface area contributed by atoms with Crippen LogP contribution in [0.2, 0.25) is 0 Å². The van der Waals surface area contributed by atoms with E-state index in [1.807, 2.05) is 18.2 Å². The van der Waals surface area contributed by atoms with Crippen LogP contribution in [-0.4, -0.2) is 38.1 Å². The number of methoxy groups -OCH3 is 1. The van der Waals surface area contributed by atoms with E-state index in [2.05, 4.69) is 28.2 Å². The second-order valence-corrected chi connectivity index (χ2v) is 5.22. The Balaban J connectivity index is 2.36. The Morgan fingerprint density at radius 3 is 2.89 bits per heavy atom. The van der Waals surface area contributed by atoms with Crippen LogP contribution in [0.1, 0.15) is 19.8 Å². The molecule has 19 heavy (non-hydrogen) atoms. The van der Waals surface area contributed by atoms with E-state index in [-0.39, 0.29) is 0 Å². The van der Waals surface area contributed by atoms with Gasteiger partial charge < -0.3 is 19.9 Å². The number of unbranched alkanes of at least 4 members (excludes halogenated alkanes) is 1. The second-order valence-electron chi connectivity index (χ2n) is 4.31. The molecule has 0 aliphatic heterocycles. The fraction of sp³-hybridized carbons (Fsp3) is 0.571. The van der Waals surface area contributed by atoms with E-state index in [4.69, 9.17) is 9.47 Å². The highest BCUT2D eigenvalue weighted by Gasteiger charge is 2.07. The molecular weight excluding hydrogens is 310 g/mol. The normalized spacial score (nSPS) is 12.2. The number of rotatable bonds is 9. The number of aliphatic hydroxyl groups is 1. The summed E-state index contributed by atoms with van der Waals surface area (Å²) in [5, 5.41) is 13.0. The summed E-state index contributed by atoms with van der Waals surface area (Å²) in [6.45, 7) is 3.59. The van der Waals surface area contributed by atoms with Crippen molar-refractivity contribution in [2.45, 2.75) is 25.9 Å². The summed E-state index contributed by atoms with van der Waals surface area (Å²) in [6, 6.07) is 5.70. The summed E-state index contributed by atoms with van der Waals surface area (Å²) in [5.41, 5.74) is 0.851. The monoisotopic (exact) mass is 331 g/mol. The van der Waals surface area contributed by atoms with Crippen molar-refractivity contribution in [2.75, 3.05) is 32.2 Å². The smallest absolute Gasteiger partial charge is 0.142 e. The summed E-state index contributed by atoms with van der Waals surface area (Å²) < 4.78 is 11.6. The molecule has 0 heterocycles. The molecule has 1 unspecified atom stereocenters. The fourth-order valence-electron chi connectivity index (χ4n) is 1.57. The highest BCUT2D eigenvalue weighted by atomic mass is 79.9. The molecular formula is C14H22BrNO3. The minimum Gasteiger partial charge on any atom is -0.495 e. The molecule has 0 aliphatic rings. The Kier molecular flexibility index (Phi) is 7.86. The van der Waals surface area contributed by atoms with Crippen LogP contribution in [0.15, 0.2) is 22.7 Å². The molecule has 5 heteroatoms. The first-order valence-corrected chi connectivity index (χ1v) is 7.30. The average Bonchev–Trinajstić information content (AvgIpc) is 2.41. The predicted molar refractivity (Wildman–Crippen MR) is 80.9 cm³/mol. The Morgan fingerprint density at radius 1 is 1.42 bits per heavy atom. The summed E-state index contributed by atoms with van der Waals surface area (Å²) in [5.74, 6) is 0.752. The highest BCUT2D eigenvalue weighted by molar-refractivity contribution is 9.10. The Morgan fingerprint density at radius 2 is 2.21 bits per heavy atom. The number of halogens is 1. The van der Waals surface area contributed by atoms with Gasteiger partial charge in [-0.25, -0.2) is 0 Å². The maximum Gasteiger partial charge on any atom is 0.142 e. The molecule has 0 radical (unpaired) electrons. The predicted octanol–water partition coefficient (Wildman–Crippen LogP) is 3.05. The van der Waals surface area contributed by atoms with Crippen LogP contribution in [0, 0.1) is 0 Å². The van der Waals surface area contributed by atoms with Crippen LogP contribution in [0.5, 0.6) is 5.75 Å². The van der Waals surface area contributed by atoms with Crippen molar-refractivity contribution in [3.63, 3.8) is 0 Å². The molecule has 1 aromatic carbocycles. The Labute approximate surface area is 123 Å². The fourth-order valence-corrected chi connectivity index (χ4v) is 1.93. The van der Waals surface area contributed by atoms with E-state index in [0.717, 1.165) is 28.8 Å². The molecule has 0 aliphatic carbocycles. The van der Waals surface area contributed by atoms with Gasteiger partial charge in [-0.15, -0.1) is 0 Å². The number of anilines is 1. The number of ether oxygens (including phenoxy) is 2. The lowest BCUT2D eigenvalue weighted by molar-refractivity contribution is 0.0421. The molecule has 4 nitrogen and oxygen atoms in total. The number of nitrogens with one attached hydrogen (secondary N) is 1. The highest BCUT2D eigenvalue weighted by Crippen LogP contribution is 2.27. The molecule has 0 saturated carbocycles. The van der Waals surface area contributed by atoms with Gasteiger partial charge in [0.05, 0.1) is 25.5 Å². The molecule has 1 rings (SSSR count). The van der Waals surface area contributed by atoms with E-state index in [1.54, 1.807) is 7.11 Å². The molecule has 0 saturated heterocycles. The van der Waals surface area contributed by atoms with Crippen molar-refractivity contribution in [1.29, 1.82) is 0 Å². The summed E-state index contributed by atoms with van der Waals surface area (Å²) in [4.78, 5) is 0. The van der Waals surface area contributed by atoms with Gasteiger partial charge in [0.1, 0.15) is 5.75 Å². The van der Waals surface area contributed by atoms with Crippen molar-refractivity contribution in [3.8, 4) is 5.75 Å². The van der Waals surface area contributed by atoms with E-state index >= 15 is 0 Å². The minimum absolute atomic E-state index is 0.351. The number of benzene rings is 1. The van der Waals surface area contributed by atoms with Crippen molar-refractivity contribution >= 4 is 21.6 Å². The lowest BCUT2D eigenvalue weighted by atomic mass is 10.2. The summed E-state index contributed by atoms with van der Waals surface area (Å²) >= 11 is 3.41. The SMILES string of the molecule is CCCCOCC(O)CNc1cc(Br)ccc1OC. The van der Waals surface area contributed by atoms with Crippen molar-refractivity contribution < 1.29 is 14.6 Å². The minimum atomic E-state index is -0.527. The van der Waals surface area contributed by atoms with Gasteiger partial charge in [-0.1, -0.05) is 29.3 Å². The van der Waals surface area contributed by atoms with Crippen LogP contribution in [0.25, 0.3) is 0 Å². The molecule has 1 aromatic rings. The first-order chi connectivity index (χ1) is 9.17. The van der Waals surface area contributed by atoms with Gasteiger partial charge in [0.15, 0.2) is 0 Å². The molecule has 0 amide bonds. The molecule has 108 valence electrons. The number of aliphatic hydroxyl groups excluding tert-OH is 1. The molecule has 0 bridgehead atoms. The van der Waals surface area contributed by atoms with Crippen LogP contribution in [-0.2, 0) is 4.74 Å².